The number of amides is 2. The van der Waals surface area contributed by atoms with Crippen LogP contribution in [0.2, 0.25) is 0 Å². The second-order valence-corrected chi connectivity index (χ2v) is 6.46. The molecule has 1 aromatic carbocycles. The summed E-state index contributed by atoms with van der Waals surface area (Å²) in [5.41, 5.74) is 7.28. The molecule has 2 heterocycles. The molecule has 1 aliphatic heterocycles. The minimum absolute atomic E-state index is 0.0543. The number of hydrogen-bond acceptors (Lipinski definition) is 5. The highest BCUT2D eigenvalue weighted by Crippen LogP contribution is 2.28. The van der Waals surface area contributed by atoms with E-state index in [1.165, 1.54) is 0 Å². The zero-order chi connectivity index (χ0) is 16.2. The second kappa shape index (κ2) is 6.95. The van der Waals surface area contributed by atoms with Crippen molar-refractivity contribution < 1.29 is 9.32 Å². The quantitative estimate of drug-likeness (QED) is 0.842. The van der Waals surface area contributed by atoms with Crippen LogP contribution >= 0.6 is 11.8 Å². The number of nitrogen functional groups attached to an aromatic ring is 1. The van der Waals surface area contributed by atoms with E-state index in [0.29, 0.717) is 24.9 Å². The van der Waals surface area contributed by atoms with Crippen molar-refractivity contribution >= 4 is 29.4 Å². The number of piperidine rings is 1. The summed E-state index contributed by atoms with van der Waals surface area (Å²) in [5.74, 6) is 0.647. The summed E-state index contributed by atoms with van der Waals surface area (Å²) < 4.78 is 4.93. The van der Waals surface area contributed by atoms with Crippen molar-refractivity contribution in [2.24, 2.45) is 0 Å². The van der Waals surface area contributed by atoms with Crippen LogP contribution in [0.4, 0.5) is 16.4 Å². The van der Waals surface area contributed by atoms with E-state index in [9.17, 15) is 4.79 Å². The lowest BCUT2D eigenvalue weighted by Gasteiger charge is -2.31. The Balaban J connectivity index is 1.55. The molecule has 3 N–H and O–H groups in total. The van der Waals surface area contributed by atoms with E-state index < -0.39 is 0 Å². The maximum absolute atomic E-state index is 12.4. The maximum Gasteiger partial charge on any atom is 0.321 e. The van der Waals surface area contributed by atoms with Crippen molar-refractivity contribution in [1.29, 1.82) is 0 Å². The van der Waals surface area contributed by atoms with Crippen molar-refractivity contribution in [3.8, 4) is 0 Å². The standard InChI is InChI=1S/C16H20N4O2S/c1-23-13-4-2-3-12(9-13)18-16(21)20-7-5-11(6-8-20)14-10-15(17)22-19-14/h2-4,9-11H,5-8,17H2,1H3,(H,18,21). The van der Waals surface area contributed by atoms with Crippen LogP contribution in [0, 0.1) is 0 Å². The summed E-state index contributed by atoms with van der Waals surface area (Å²) in [6.45, 7) is 1.40. The Bertz CT molecular complexity index is 680. The summed E-state index contributed by atoms with van der Waals surface area (Å²) in [4.78, 5) is 15.3. The number of aromatic nitrogens is 1. The van der Waals surface area contributed by atoms with Gasteiger partial charge in [-0.15, -0.1) is 11.8 Å². The van der Waals surface area contributed by atoms with Gasteiger partial charge in [-0.25, -0.2) is 4.79 Å². The number of nitrogens with one attached hydrogen (secondary N) is 1. The van der Waals surface area contributed by atoms with Gasteiger partial charge in [-0.05, 0) is 37.3 Å². The lowest BCUT2D eigenvalue weighted by molar-refractivity contribution is 0.193. The first kappa shape index (κ1) is 15.7. The average molecular weight is 332 g/mol. The SMILES string of the molecule is CSc1cccc(NC(=O)N2CCC(c3cc(N)on3)CC2)c1. The fraction of sp³-hybridized carbons (Fsp3) is 0.375. The first-order chi connectivity index (χ1) is 11.2. The van der Waals surface area contributed by atoms with E-state index in [2.05, 4.69) is 10.5 Å². The Hall–Kier alpha value is -2.15. The number of nitrogens with zero attached hydrogens (tertiary/aromatic N) is 2. The van der Waals surface area contributed by atoms with Crippen molar-refractivity contribution in [2.45, 2.75) is 23.7 Å². The largest absolute Gasteiger partial charge is 0.368 e. The molecule has 1 aromatic heterocycles. The molecule has 6 nitrogen and oxygen atoms in total. The van der Waals surface area contributed by atoms with Crippen LogP contribution in [0.15, 0.2) is 39.8 Å². The number of benzene rings is 1. The van der Waals surface area contributed by atoms with Gasteiger partial charge in [-0.1, -0.05) is 11.2 Å². The Morgan fingerprint density at radius 2 is 2.17 bits per heavy atom. The van der Waals surface area contributed by atoms with E-state index >= 15 is 0 Å². The lowest BCUT2D eigenvalue weighted by atomic mass is 9.94. The van der Waals surface area contributed by atoms with E-state index in [0.717, 1.165) is 29.1 Å². The molecule has 1 fully saturated rings. The maximum atomic E-state index is 12.4. The van der Waals surface area contributed by atoms with E-state index in [1.54, 1.807) is 17.8 Å². The molecule has 122 valence electrons. The molecule has 3 rings (SSSR count). The summed E-state index contributed by atoms with van der Waals surface area (Å²) in [5, 5.41) is 6.94. The number of carbonyl (C=O) groups is 1. The van der Waals surface area contributed by atoms with E-state index in [4.69, 9.17) is 10.3 Å². The van der Waals surface area contributed by atoms with Crippen LogP contribution in [-0.2, 0) is 0 Å². The Morgan fingerprint density at radius 1 is 1.39 bits per heavy atom. The van der Waals surface area contributed by atoms with Crippen LogP contribution in [0.25, 0.3) is 0 Å². The molecular weight excluding hydrogens is 312 g/mol. The van der Waals surface area contributed by atoms with Gasteiger partial charge < -0.3 is 20.5 Å². The van der Waals surface area contributed by atoms with Crippen LogP contribution in [0.3, 0.4) is 0 Å². The molecule has 2 amide bonds. The minimum Gasteiger partial charge on any atom is -0.368 e. The van der Waals surface area contributed by atoms with Crippen LogP contribution in [-0.4, -0.2) is 35.4 Å². The molecule has 1 aliphatic rings. The number of carbonyl (C=O) groups excluding carboxylic acids is 1. The van der Waals surface area contributed by atoms with Gasteiger partial charge in [0.1, 0.15) is 0 Å². The van der Waals surface area contributed by atoms with E-state index in [1.807, 2.05) is 35.4 Å². The zero-order valence-electron chi connectivity index (χ0n) is 13.0. The molecule has 0 atom stereocenters. The van der Waals surface area contributed by atoms with Gasteiger partial charge in [-0.3, -0.25) is 0 Å². The van der Waals surface area contributed by atoms with Gasteiger partial charge in [0.15, 0.2) is 0 Å². The van der Waals surface area contributed by atoms with Gasteiger partial charge in [0.05, 0.1) is 5.69 Å². The molecule has 7 heteroatoms. The Morgan fingerprint density at radius 3 is 2.83 bits per heavy atom. The molecule has 0 saturated carbocycles. The lowest BCUT2D eigenvalue weighted by Crippen LogP contribution is -2.40. The number of likely N-dealkylation sites (tertiary alicyclic amines) is 1. The fourth-order valence-electron chi connectivity index (χ4n) is 2.78. The van der Waals surface area contributed by atoms with Gasteiger partial charge in [0.2, 0.25) is 5.88 Å². The number of urea groups is 1. The predicted molar refractivity (Wildman–Crippen MR) is 91.7 cm³/mol. The molecule has 0 aliphatic carbocycles. The first-order valence-electron chi connectivity index (χ1n) is 7.58. The molecule has 2 aromatic rings. The van der Waals surface area contributed by atoms with Crippen molar-refractivity contribution in [2.75, 3.05) is 30.4 Å². The highest BCUT2D eigenvalue weighted by atomic mass is 32.2. The summed E-state index contributed by atoms with van der Waals surface area (Å²) in [6, 6.07) is 9.57. The molecule has 1 saturated heterocycles. The Kier molecular flexibility index (Phi) is 4.76. The summed E-state index contributed by atoms with van der Waals surface area (Å²) in [6.07, 6.45) is 3.75. The second-order valence-electron chi connectivity index (χ2n) is 5.58. The smallest absolute Gasteiger partial charge is 0.321 e. The summed E-state index contributed by atoms with van der Waals surface area (Å²) >= 11 is 1.65. The number of anilines is 2. The highest BCUT2D eigenvalue weighted by molar-refractivity contribution is 7.98. The number of hydrogen-bond donors (Lipinski definition) is 2. The third kappa shape index (κ3) is 3.79. The molecule has 0 bridgehead atoms. The third-order valence-electron chi connectivity index (χ3n) is 4.07. The van der Waals surface area contributed by atoms with Crippen molar-refractivity contribution in [3.05, 3.63) is 36.0 Å². The third-order valence-corrected chi connectivity index (χ3v) is 4.79. The molecule has 0 radical (unpaired) electrons. The van der Waals surface area contributed by atoms with Gasteiger partial charge in [0, 0.05) is 35.7 Å². The minimum atomic E-state index is -0.0543. The monoisotopic (exact) mass is 332 g/mol. The molecule has 0 spiro atoms. The first-order valence-corrected chi connectivity index (χ1v) is 8.80. The highest BCUT2D eigenvalue weighted by Gasteiger charge is 2.25. The molecule has 0 unspecified atom stereocenters. The number of thioether (sulfide) groups is 1. The van der Waals surface area contributed by atoms with Crippen LogP contribution < -0.4 is 11.1 Å². The van der Waals surface area contributed by atoms with Gasteiger partial charge >= 0.3 is 6.03 Å². The number of nitrogens with two attached hydrogens (primary N) is 1. The zero-order valence-corrected chi connectivity index (χ0v) is 13.8. The molecular formula is C16H20N4O2S. The van der Waals surface area contributed by atoms with E-state index in [-0.39, 0.29) is 6.03 Å². The number of rotatable bonds is 3. The van der Waals surface area contributed by atoms with Crippen LogP contribution in [0.1, 0.15) is 24.5 Å². The van der Waals surface area contributed by atoms with Crippen molar-refractivity contribution in [3.63, 3.8) is 0 Å². The Labute approximate surface area is 139 Å². The fourth-order valence-corrected chi connectivity index (χ4v) is 3.24. The van der Waals surface area contributed by atoms with Gasteiger partial charge in [-0.2, -0.15) is 0 Å². The normalized spacial score (nSPS) is 15.6. The molecule has 23 heavy (non-hydrogen) atoms. The van der Waals surface area contributed by atoms with Crippen molar-refractivity contribution in [1.82, 2.24) is 10.1 Å². The predicted octanol–water partition coefficient (Wildman–Crippen LogP) is 3.39. The van der Waals surface area contributed by atoms with Gasteiger partial charge in [0.25, 0.3) is 0 Å². The topological polar surface area (TPSA) is 84.4 Å². The van der Waals surface area contributed by atoms with Crippen LogP contribution in [0.5, 0.6) is 0 Å². The summed E-state index contributed by atoms with van der Waals surface area (Å²) in [7, 11) is 0. The average Bonchev–Trinajstić information content (AvgIpc) is 3.01.